The monoisotopic (exact) mass is 196 g/mol. The van der Waals surface area contributed by atoms with Crippen LogP contribution in [0, 0.1) is 12.8 Å². The van der Waals surface area contributed by atoms with E-state index in [9.17, 15) is 9.59 Å². The number of carboxylic acids is 1. The standard InChI is InChI=1S/C9H12N2O3/c1-6-3-10-9(14)11(4-6)5-7(2)8(12)13/h3-4,7H,5H2,1-2H3,(H,12,13). The third kappa shape index (κ3) is 2.42. The lowest BCUT2D eigenvalue weighted by atomic mass is 10.2. The molecule has 1 N–H and O–H groups in total. The van der Waals surface area contributed by atoms with Gasteiger partial charge in [-0.15, -0.1) is 0 Å². The van der Waals surface area contributed by atoms with Gasteiger partial charge in [0.25, 0.3) is 0 Å². The highest BCUT2D eigenvalue weighted by Crippen LogP contribution is 1.99. The number of carboxylic acid groups (broad SMARTS) is 1. The predicted molar refractivity (Wildman–Crippen MR) is 50.0 cm³/mol. The lowest BCUT2D eigenvalue weighted by Gasteiger charge is -2.08. The number of aliphatic carboxylic acids is 1. The molecule has 0 fully saturated rings. The van der Waals surface area contributed by atoms with Gasteiger partial charge in [-0.05, 0) is 12.5 Å². The predicted octanol–water partition coefficient (Wildman–Crippen LogP) is 0.272. The number of hydrogen-bond acceptors (Lipinski definition) is 3. The van der Waals surface area contributed by atoms with Crippen LogP contribution in [0.25, 0.3) is 0 Å². The van der Waals surface area contributed by atoms with Crippen LogP contribution in [0.1, 0.15) is 12.5 Å². The van der Waals surface area contributed by atoms with Gasteiger partial charge in [0.15, 0.2) is 0 Å². The maximum atomic E-state index is 11.2. The highest BCUT2D eigenvalue weighted by atomic mass is 16.4. The highest BCUT2D eigenvalue weighted by molar-refractivity contribution is 5.69. The molecule has 1 aromatic rings. The van der Waals surface area contributed by atoms with Crippen molar-refractivity contribution in [2.45, 2.75) is 20.4 Å². The summed E-state index contributed by atoms with van der Waals surface area (Å²) in [6.07, 6.45) is 3.07. The summed E-state index contributed by atoms with van der Waals surface area (Å²) in [6.45, 7) is 3.51. The van der Waals surface area contributed by atoms with Gasteiger partial charge in [-0.1, -0.05) is 6.92 Å². The molecule has 5 nitrogen and oxygen atoms in total. The van der Waals surface area contributed by atoms with Gasteiger partial charge in [0.2, 0.25) is 0 Å². The Balaban J connectivity index is 2.91. The van der Waals surface area contributed by atoms with Gasteiger partial charge in [-0.3, -0.25) is 9.36 Å². The molecule has 0 aliphatic carbocycles. The first-order chi connectivity index (χ1) is 6.50. The van der Waals surface area contributed by atoms with E-state index in [-0.39, 0.29) is 6.54 Å². The van der Waals surface area contributed by atoms with E-state index in [0.29, 0.717) is 0 Å². The van der Waals surface area contributed by atoms with E-state index in [1.165, 1.54) is 10.8 Å². The van der Waals surface area contributed by atoms with Crippen molar-refractivity contribution < 1.29 is 9.90 Å². The molecule has 0 saturated carbocycles. The lowest BCUT2D eigenvalue weighted by Crippen LogP contribution is -2.27. The van der Waals surface area contributed by atoms with Gasteiger partial charge >= 0.3 is 11.7 Å². The third-order valence-corrected chi connectivity index (χ3v) is 1.88. The van der Waals surface area contributed by atoms with Crippen LogP contribution in [0.4, 0.5) is 0 Å². The van der Waals surface area contributed by atoms with Crippen LogP contribution in [0.15, 0.2) is 17.2 Å². The van der Waals surface area contributed by atoms with Crippen LogP contribution in [0.2, 0.25) is 0 Å². The first kappa shape index (κ1) is 10.4. The number of hydrogen-bond donors (Lipinski definition) is 1. The van der Waals surface area contributed by atoms with Gasteiger partial charge in [-0.2, -0.15) is 0 Å². The zero-order valence-corrected chi connectivity index (χ0v) is 8.10. The van der Waals surface area contributed by atoms with E-state index < -0.39 is 17.6 Å². The molecule has 5 heteroatoms. The maximum Gasteiger partial charge on any atom is 0.347 e. The summed E-state index contributed by atoms with van der Waals surface area (Å²) in [5, 5.41) is 8.67. The highest BCUT2D eigenvalue weighted by Gasteiger charge is 2.12. The molecule has 1 unspecified atom stereocenters. The summed E-state index contributed by atoms with van der Waals surface area (Å²) in [6, 6.07) is 0. The minimum absolute atomic E-state index is 0.156. The second-order valence-electron chi connectivity index (χ2n) is 3.31. The lowest BCUT2D eigenvalue weighted by molar-refractivity contribution is -0.141. The van der Waals surface area contributed by atoms with E-state index in [2.05, 4.69) is 4.98 Å². The molecule has 76 valence electrons. The molecular weight excluding hydrogens is 184 g/mol. The molecular formula is C9H12N2O3. The second-order valence-corrected chi connectivity index (χ2v) is 3.31. The van der Waals surface area contributed by atoms with Crippen molar-refractivity contribution in [1.82, 2.24) is 9.55 Å². The summed E-state index contributed by atoms with van der Waals surface area (Å²) in [5.41, 5.74) is 0.422. The van der Waals surface area contributed by atoms with Gasteiger partial charge in [-0.25, -0.2) is 9.78 Å². The molecule has 0 aliphatic heterocycles. The first-order valence-corrected chi connectivity index (χ1v) is 4.26. The Morgan fingerprint density at radius 2 is 2.36 bits per heavy atom. The fourth-order valence-corrected chi connectivity index (χ4v) is 1.07. The molecule has 1 rings (SSSR count). The average Bonchev–Trinajstić information content (AvgIpc) is 2.11. The van der Waals surface area contributed by atoms with Crippen LogP contribution in [0.3, 0.4) is 0 Å². The number of nitrogens with zero attached hydrogens (tertiary/aromatic N) is 2. The fourth-order valence-electron chi connectivity index (χ4n) is 1.07. The summed E-state index contributed by atoms with van der Waals surface area (Å²) in [5.74, 6) is -1.50. The number of aromatic nitrogens is 2. The zero-order chi connectivity index (χ0) is 10.7. The summed E-state index contributed by atoms with van der Waals surface area (Å²) in [7, 11) is 0. The quantitative estimate of drug-likeness (QED) is 0.753. The van der Waals surface area contributed by atoms with E-state index in [1.807, 2.05) is 0 Å². The zero-order valence-electron chi connectivity index (χ0n) is 8.10. The van der Waals surface area contributed by atoms with Crippen molar-refractivity contribution in [3.63, 3.8) is 0 Å². The van der Waals surface area contributed by atoms with Crippen molar-refractivity contribution in [2.75, 3.05) is 0 Å². The molecule has 0 spiro atoms. The molecule has 0 aliphatic rings. The molecule has 0 radical (unpaired) electrons. The van der Waals surface area contributed by atoms with Crippen molar-refractivity contribution >= 4 is 5.97 Å². The summed E-state index contributed by atoms with van der Waals surface area (Å²) < 4.78 is 1.31. The molecule has 14 heavy (non-hydrogen) atoms. The number of carbonyl (C=O) groups is 1. The van der Waals surface area contributed by atoms with E-state index >= 15 is 0 Å². The van der Waals surface area contributed by atoms with Crippen molar-refractivity contribution in [2.24, 2.45) is 5.92 Å². The average molecular weight is 196 g/mol. The van der Waals surface area contributed by atoms with E-state index in [0.717, 1.165) is 5.56 Å². The summed E-state index contributed by atoms with van der Waals surface area (Å²) in [4.78, 5) is 25.4. The molecule has 0 bridgehead atoms. The van der Waals surface area contributed by atoms with Crippen LogP contribution in [-0.4, -0.2) is 20.6 Å². The Hall–Kier alpha value is -1.65. The topological polar surface area (TPSA) is 72.2 Å². The van der Waals surface area contributed by atoms with Crippen molar-refractivity contribution in [1.29, 1.82) is 0 Å². The molecule has 0 saturated heterocycles. The minimum atomic E-state index is -0.918. The Morgan fingerprint density at radius 3 is 2.93 bits per heavy atom. The SMILES string of the molecule is Cc1cnc(=O)n(CC(C)C(=O)O)c1. The normalized spacial score (nSPS) is 12.4. The number of rotatable bonds is 3. The molecule has 0 amide bonds. The van der Waals surface area contributed by atoms with E-state index in [4.69, 9.17) is 5.11 Å². The van der Waals surface area contributed by atoms with Crippen LogP contribution >= 0.6 is 0 Å². The Kier molecular flexibility index (Phi) is 3.01. The van der Waals surface area contributed by atoms with Crippen LogP contribution in [0.5, 0.6) is 0 Å². The van der Waals surface area contributed by atoms with Gasteiger partial charge in [0.05, 0.1) is 5.92 Å². The van der Waals surface area contributed by atoms with E-state index in [1.54, 1.807) is 20.0 Å². The Labute approximate surface area is 81.0 Å². The molecule has 1 atom stereocenters. The first-order valence-electron chi connectivity index (χ1n) is 4.26. The van der Waals surface area contributed by atoms with Crippen LogP contribution < -0.4 is 5.69 Å². The maximum absolute atomic E-state index is 11.2. The smallest absolute Gasteiger partial charge is 0.347 e. The Bertz CT molecular complexity index is 397. The summed E-state index contributed by atoms with van der Waals surface area (Å²) >= 11 is 0. The van der Waals surface area contributed by atoms with Gasteiger partial charge in [0.1, 0.15) is 0 Å². The minimum Gasteiger partial charge on any atom is -0.481 e. The van der Waals surface area contributed by atoms with Crippen molar-refractivity contribution in [3.8, 4) is 0 Å². The molecule has 1 heterocycles. The van der Waals surface area contributed by atoms with Gasteiger partial charge < -0.3 is 5.11 Å². The Morgan fingerprint density at radius 1 is 1.71 bits per heavy atom. The number of aryl methyl sites for hydroxylation is 1. The largest absolute Gasteiger partial charge is 0.481 e. The molecule has 1 aromatic heterocycles. The van der Waals surface area contributed by atoms with Gasteiger partial charge in [0, 0.05) is 18.9 Å². The molecule has 0 aromatic carbocycles. The van der Waals surface area contributed by atoms with Crippen LogP contribution in [-0.2, 0) is 11.3 Å². The fraction of sp³-hybridized carbons (Fsp3) is 0.444. The third-order valence-electron chi connectivity index (χ3n) is 1.88. The van der Waals surface area contributed by atoms with Crippen molar-refractivity contribution in [3.05, 3.63) is 28.4 Å². The second kappa shape index (κ2) is 4.04.